The maximum atomic E-state index is 11.9. The molecule has 2 amide bonds. The average molecular weight is 304 g/mol. The normalized spacial score (nSPS) is 13.4. The van der Waals surface area contributed by atoms with Crippen LogP contribution in [0, 0.1) is 0 Å². The number of carbonyl (C=O) groups excluding carboxylic acids is 1. The van der Waals surface area contributed by atoms with Gasteiger partial charge < -0.3 is 25.6 Å². The molecule has 1 unspecified atom stereocenters. The Hall–Kier alpha value is -2.42. The van der Waals surface area contributed by atoms with Crippen LogP contribution in [0.2, 0.25) is 0 Å². The predicted molar refractivity (Wildman–Crippen MR) is 68.4 cm³/mol. The van der Waals surface area contributed by atoms with Gasteiger partial charge in [-0.25, -0.2) is 9.59 Å². The summed E-state index contributed by atoms with van der Waals surface area (Å²) in [6, 6.07) is 4.36. The molecule has 0 bridgehead atoms. The molecule has 1 atom stereocenters. The largest absolute Gasteiger partial charge is 0.479 e. The van der Waals surface area contributed by atoms with Gasteiger partial charge in [0.1, 0.15) is 5.75 Å². The third kappa shape index (κ3) is 5.61. The van der Waals surface area contributed by atoms with Gasteiger partial charge in [0.15, 0.2) is 5.60 Å². The number of urea groups is 1. The number of rotatable bonds is 6. The molecular weight excluding hydrogens is 290 g/mol. The minimum absolute atomic E-state index is 0.0650. The first-order valence-electron chi connectivity index (χ1n) is 5.76. The number of hydrogen-bond acceptors (Lipinski definition) is 4. The number of carbonyl (C=O) groups is 2. The van der Waals surface area contributed by atoms with Crippen molar-refractivity contribution >= 4 is 17.7 Å². The van der Waals surface area contributed by atoms with Crippen LogP contribution in [0.4, 0.5) is 19.3 Å². The fourth-order valence-corrected chi connectivity index (χ4v) is 1.22. The molecule has 0 heterocycles. The van der Waals surface area contributed by atoms with Crippen molar-refractivity contribution in [2.45, 2.75) is 19.1 Å². The second-order valence-electron chi connectivity index (χ2n) is 4.29. The summed E-state index contributed by atoms with van der Waals surface area (Å²) in [4.78, 5) is 22.1. The summed E-state index contributed by atoms with van der Waals surface area (Å²) in [5, 5.41) is 22.6. The molecule has 9 heteroatoms. The molecule has 0 saturated heterocycles. The summed E-state index contributed by atoms with van der Waals surface area (Å²) in [5.74, 6) is -1.54. The van der Waals surface area contributed by atoms with E-state index in [1.165, 1.54) is 24.3 Å². The fourth-order valence-electron chi connectivity index (χ4n) is 1.22. The van der Waals surface area contributed by atoms with Gasteiger partial charge in [-0.05, 0) is 31.2 Å². The van der Waals surface area contributed by atoms with Crippen LogP contribution in [-0.2, 0) is 4.79 Å². The van der Waals surface area contributed by atoms with E-state index in [0.29, 0.717) is 0 Å². The Morgan fingerprint density at radius 3 is 2.38 bits per heavy atom. The van der Waals surface area contributed by atoms with Crippen LogP contribution in [0.3, 0.4) is 0 Å². The zero-order chi connectivity index (χ0) is 16.0. The number of halogens is 2. The Bertz CT molecular complexity index is 505. The van der Waals surface area contributed by atoms with E-state index in [9.17, 15) is 23.5 Å². The standard InChI is InChI=1S/C12H14F2N2O5/c1-12(20,9(17)18)6-15-11(19)16-7-2-4-8(5-3-7)21-10(13)14/h2-5,10,20H,6H2,1H3,(H,17,18)(H2,15,16,19). The van der Waals surface area contributed by atoms with Crippen molar-refractivity contribution < 1.29 is 33.3 Å². The third-order valence-corrected chi connectivity index (χ3v) is 2.39. The van der Waals surface area contributed by atoms with Crippen LogP contribution in [-0.4, -0.2) is 41.0 Å². The Balaban J connectivity index is 2.50. The molecule has 1 aromatic rings. The third-order valence-electron chi connectivity index (χ3n) is 2.39. The molecule has 4 N–H and O–H groups in total. The number of amides is 2. The topological polar surface area (TPSA) is 108 Å². The molecule has 0 aromatic heterocycles. The molecule has 0 aliphatic carbocycles. The number of anilines is 1. The van der Waals surface area contributed by atoms with Crippen LogP contribution in [0.15, 0.2) is 24.3 Å². The number of aliphatic hydroxyl groups is 1. The second kappa shape index (κ2) is 6.84. The van der Waals surface area contributed by atoms with Crippen LogP contribution in [0.1, 0.15) is 6.92 Å². The van der Waals surface area contributed by atoms with Gasteiger partial charge >= 0.3 is 18.6 Å². The molecular formula is C12H14F2N2O5. The van der Waals surface area contributed by atoms with E-state index in [4.69, 9.17) is 5.11 Å². The summed E-state index contributed by atoms with van der Waals surface area (Å²) in [5.41, 5.74) is -1.81. The Morgan fingerprint density at radius 1 is 1.33 bits per heavy atom. The van der Waals surface area contributed by atoms with Gasteiger partial charge in [-0.15, -0.1) is 0 Å². The summed E-state index contributed by atoms with van der Waals surface area (Å²) < 4.78 is 28.0. The molecule has 0 fully saturated rings. The molecule has 0 aliphatic heterocycles. The van der Waals surface area contributed by atoms with Crippen LogP contribution >= 0.6 is 0 Å². The van der Waals surface area contributed by atoms with Crippen molar-refractivity contribution in [3.8, 4) is 5.75 Å². The zero-order valence-electron chi connectivity index (χ0n) is 11.0. The number of ether oxygens (including phenoxy) is 1. The minimum atomic E-state index is -2.94. The number of nitrogens with one attached hydrogen (secondary N) is 2. The zero-order valence-corrected chi connectivity index (χ0v) is 11.0. The van der Waals surface area contributed by atoms with Crippen molar-refractivity contribution in [3.05, 3.63) is 24.3 Å². The Kier molecular flexibility index (Phi) is 5.42. The maximum Gasteiger partial charge on any atom is 0.387 e. The number of carboxylic acids is 1. The van der Waals surface area contributed by atoms with Gasteiger partial charge in [-0.1, -0.05) is 0 Å². The number of hydrogen-bond donors (Lipinski definition) is 4. The van der Waals surface area contributed by atoms with Crippen molar-refractivity contribution in [2.75, 3.05) is 11.9 Å². The fraction of sp³-hybridized carbons (Fsp3) is 0.333. The highest BCUT2D eigenvalue weighted by Crippen LogP contribution is 2.17. The van der Waals surface area contributed by atoms with Crippen LogP contribution in [0.25, 0.3) is 0 Å². The lowest BCUT2D eigenvalue weighted by Gasteiger charge is -2.18. The maximum absolute atomic E-state index is 11.9. The Labute approximate surface area is 118 Å². The van der Waals surface area contributed by atoms with E-state index in [2.05, 4.69) is 15.4 Å². The van der Waals surface area contributed by atoms with E-state index in [1.54, 1.807) is 0 Å². The molecule has 1 aromatic carbocycles. The highest BCUT2D eigenvalue weighted by Gasteiger charge is 2.30. The Morgan fingerprint density at radius 2 is 1.90 bits per heavy atom. The first-order chi connectivity index (χ1) is 9.70. The molecule has 0 aliphatic rings. The predicted octanol–water partition coefficient (Wildman–Crippen LogP) is 1.25. The first-order valence-corrected chi connectivity index (χ1v) is 5.76. The lowest BCUT2D eigenvalue weighted by molar-refractivity contribution is -0.155. The van der Waals surface area contributed by atoms with Gasteiger partial charge in [0.05, 0.1) is 6.54 Å². The van der Waals surface area contributed by atoms with Crippen LogP contribution < -0.4 is 15.4 Å². The molecule has 0 saturated carbocycles. The SMILES string of the molecule is CC(O)(CNC(=O)Nc1ccc(OC(F)F)cc1)C(=O)O. The summed E-state index contributed by atoms with van der Waals surface area (Å²) in [7, 11) is 0. The first kappa shape index (κ1) is 16.6. The van der Waals surface area contributed by atoms with Crippen molar-refractivity contribution in [1.82, 2.24) is 5.32 Å². The second-order valence-corrected chi connectivity index (χ2v) is 4.29. The van der Waals surface area contributed by atoms with E-state index in [1.807, 2.05) is 0 Å². The number of alkyl halides is 2. The lowest BCUT2D eigenvalue weighted by Crippen LogP contribution is -2.47. The number of carboxylic acid groups (broad SMARTS) is 1. The number of aliphatic carboxylic acids is 1. The summed E-state index contributed by atoms with van der Waals surface area (Å²) in [6.45, 7) is -2.40. The van der Waals surface area contributed by atoms with Crippen molar-refractivity contribution in [3.63, 3.8) is 0 Å². The van der Waals surface area contributed by atoms with Crippen molar-refractivity contribution in [2.24, 2.45) is 0 Å². The highest BCUT2D eigenvalue weighted by atomic mass is 19.3. The summed E-state index contributed by atoms with van der Waals surface area (Å²) in [6.07, 6.45) is 0. The van der Waals surface area contributed by atoms with E-state index >= 15 is 0 Å². The average Bonchev–Trinajstić information content (AvgIpc) is 2.38. The van der Waals surface area contributed by atoms with E-state index < -0.39 is 30.8 Å². The van der Waals surface area contributed by atoms with E-state index in [0.717, 1.165) is 6.92 Å². The molecule has 116 valence electrons. The number of benzene rings is 1. The van der Waals surface area contributed by atoms with Crippen molar-refractivity contribution in [1.29, 1.82) is 0 Å². The van der Waals surface area contributed by atoms with Gasteiger partial charge in [-0.2, -0.15) is 8.78 Å². The van der Waals surface area contributed by atoms with E-state index in [-0.39, 0.29) is 11.4 Å². The lowest BCUT2D eigenvalue weighted by atomic mass is 10.1. The quantitative estimate of drug-likeness (QED) is 0.632. The molecule has 21 heavy (non-hydrogen) atoms. The highest BCUT2D eigenvalue weighted by molar-refractivity contribution is 5.90. The van der Waals surface area contributed by atoms with Gasteiger partial charge in [0.2, 0.25) is 0 Å². The van der Waals surface area contributed by atoms with Gasteiger partial charge in [0, 0.05) is 5.69 Å². The molecule has 7 nitrogen and oxygen atoms in total. The smallest absolute Gasteiger partial charge is 0.387 e. The molecule has 0 spiro atoms. The molecule has 0 radical (unpaired) electrons. The van der Waals surface area contributed by atoms with Gasteiger partial charge in [-0.3, -0.25) is 0 Å². The summed E-state index contributed by atoms with van der Waals surface area (Å²) >= 11 is 0. The molecule has 1 rings (SSSR count). The van der Waals surface area contributed by atoms with Crippen LogP contribution in [0.5, 0.6) is 5.75 Å². The van der Waals surface area contributed by atoms with Gasteiger partial charge in [0.25, 0.3) is 0 Å². The monoisotopic (exact) mass is 304 g/mol. The minimum Gasteiger partial charge on any atom is -0.479 e.